The van der Waals surface area contributed by atoms with Crippen LogP contribution in [0.4, 0.5) is 0 Å². The van der Waals surface area contributed by atoms with Gasteiger partial charge >= 0.3 is 0 Å². The molecule has 1 heterocycles. The number of ether oxygens (including phenoxy) is 1. The Hall–Kier alpha value is -1.93. The van der Waals surface area contributed by atoms with Gasteiger partial charge in [-0.2, -0.15) is 0 Å². The van der Waals surface area contributed by atoms with Crippen LogP contribution in [0.3, 0.4) is 0 Å². The number of fused-ring (bicyclic) bond motifs is 1. The van der Waals surface area contributed by atoms with E-state index in [0.717, 1.165) is 17.5 Å². The lowest BCUT2D eigenvalue weighted by Gasteiger charge is -2.25. The van der Waals surface area contributed by atoms with Crippen LogP contribution < -0.4 is 0 Å². The summed E-state index contributed by atoms with van der Waals surface area (Å²) in [6.45, 7) is 4.75. The summed E-state index contributed by atoms with van der Waals surface area (Å²) in [6.07, 6.45) is 0.926. The van der Waals surface area contributed by atoms with E-state index in [2.05, 4.69) is 32.0 Å². The van der Waals surface area contributed by atoms with Crippen molar-refractivity contribution in [2.45, 2.75) is 32.8 Å². The molecular formula is C19H20O2. The molecule has 2 heteroatoms. The van der Waals surface area contributed by atoms with Gasteiger partial charge in [0, 0.05) is 6.42 Å². The van der Waals surface area contributed by atoms with Gasteiger partial charge in [0.1, 0.15) is 6.10 Å². The van der Waals surface area contributed by atoms with Crippen LogP contribution >= 0.6 is 0 Å². The summed E-state index contributed by atoms with van der Waals surface area (Å²) in [5.41, 5.74) is 5.76. The van der Waals surface area contributed by atoms with Gasteiger partial charge in [0.2, 0.25) is 0 Å². The summed E-state index contributed by atoms with van der Waals surface area (Å²) in [7, 11) is 0. The molecule has 3 rings (SSSR count). The van der Waals surface area contributed by atoms with Crippen molar-refractivity contribution >= 4 is 5.78 Å². The third-order valence-electron chi connectivity index (χ3n) is 4.28. The second-order valence-corrected chi connectivity index (χ2v) is 5.71. The van der Waals surface area contributed by atoms with Crippen LogP contribution in [0, 0.1) is 13.8 Å². The molecule has 21 heavy (non-hydrogen) atoms. The van der Waals surface area contributed by atoms with Crippen LogP contribution in [0.5, 0.6) is 0 Å². The Morgan fingerprint density at radius 2 is 1.81 bits per heavy atom. The van der Waals surface area contributed by atoms with Crippen LogP contribution in [0.25, 0.3) is 0 Å². The van der Waals surface area contributed by atoms with E-state index in [4.69, 9.17) is 4.74 Å². The molecule has 2 aromatic carbocycles. The largest absolute Gasteiger partial charge is 0.365 e. The molecule has 0 fully saturated rings. The molecule has 0 amide bonds. The summed E-state index contributed by atoms with van der Waals surface area (Å²) in [6, 6.07) is 14.3. The SMILES string of the molecule is Cc1cccc(C)c1CC(=O)C1OCCc2ccccc21. The maximum atomic E-state index is 12.7. The normalized spacial score (nSPS) is 17.3. The number of carbonyl (C=O) groups excluding carboxylic acids is 1. The van der Waals surface area contributed by atoms with Crippen LogP contribution in [0.15, 0.2) is 42.5 Å². The predicted molar refractivity (Wildman–Crippen MR) is 83.5 cm³/mol. The Morgan fingerprint density at radius 3 is 2.57 bits per heavy atom. The highest BCUT2D eigenvalue weighted by Crippen LogP contribution is 2.29. The summed E-state index contributed by atoms with van der Waals surface area (Å²) in [4.78, 5) is 12.7. The zero-order chi connectivity index (χ0) is 14.8. The highest BCUT2D eigenvalue weighted by Gasteiger charge is 2.27. The minimum absolute atomic E-state index is 0.152. The minimum Gasteiger partial charge on any atom is -0.365 e. The monoisotopic (exact) mass is 280 g/mol. The number of carbonyl (C=O) groups is 1. The van der Waals surface area contributed by atoms with Crippen molar-refractivity contribution in [2.75, 3.05) is 6.61 Å². The first-order valence-corrected chi connectivity index (χ1v) is 7.44. The van der Waals surface area contributed by atoms with Gasteiger partial charge in [-0.05, 0) is 48.1 Å². The summed E-state index contributed by atoms with van der Waals surface area (Å²) < 4.78 is 5.77. The van der Waals surface area contributed by atoms with E-state index in [1.807, 2.05) is 24.3 Å². The fourth-order valence-corrected chi connectivity index (χ4v) is 3.06. The van der Waals surface area contributed by atoms with Crippen molar-refractivity contribution in [3.8, 4) is 0 Å². The quantitative estimate of drug-likeness (QED) is 0.856. The van der Waals surface area contributed by atoms with Gasteiger partial charge in [-0.1, -0.05) is 42.5 Å². The molecule has 0 aromatic heterocycles. The molecule has 2 aromatic rings. The van der Waals surface area contributed by atoms with Gasteiger partial charge < -0.3 is 4.74 Å². The molecule has 0 saturated carbocycles. The molecular weight excluding hydrogens is 260 g/mol. The van der Waals surface area contributed by atoms with E-state index in [0.29, 0.717) is 13.0 Å². The van der Waals surface area contributed by atoms with Crippen molar-refractivity contribution in [2.24, 2.45) is 0 Å². The number of rotatable bonds is 3. The molecule has 108 valence electrons. The number of aryl methyl sites for hydroxylation is 2. The molecule has 0 N–H and O–H groups in total. The standard InChI is InChI=1S/C19H20O2/c1-13-6-5-7-14(2)17(13)12-18(20)19-16-9-4-3-8-15(16)10-11-21-19/h3-9,19H,10-12H2,1-2H3. The molecule has 2 nitrogen and oxygen atoms in total. The third-order valence-corrected chi connectivity index (χ3v) is 4.28. The number of hydrogen-bond acceptors (Lipinski definition) is 2. The zero-order valence-corrected chi connectivity index (χ0v) is 12.6. The molecule has 1 aliphatic heterocycles. The molecule has 0 bridgehead atoms. The second kappa shape index (κ2) is 5.82. The maximum Gasteiger partial charge on any atom is 0.170 e. The molecule has 1 atom stereocenters. The van der Waals surface area contributed by atoms with Crippen LogP contribution in [0.2, 0.25) is 0 Å². The van der Waals surface area contributed by atoms with Crippen molar-refractivity contribution < 1.29 is 9.53 Å². The first-order valence-electron chi connectivity index (χ1n) is 7.44. The van der Waals surface area contributed by atoms with Gasteiger partial charge in [-0.15, -0.1) is 0 Å². The first kappa shape index (κ1) is 14.0. The Labute approximate surface area is 125 Å². The van der Waals surface area contributed by atoms with Crippen molar-refractivity contribution in [3.05, 3.63) is 70.3 Å². The van der Waals surface area contributed by atoms with Crippen LogP contribution in [0.1, 0.15) is 33.9 Å². The maximum absolute atomic E-state index is 12.7. The van der Waals surface area contributed by atoms with Gasteiger partial charge in [0.05, 0.1) is 6.61 Å². The van der Waals surface area contributed by atoms with Crippen LogP contribution in [-0.2, 0) is 22.4 Å². The van der Waals surface area contributed by atoms with Crippen molar-refractivity contribution in [1.82, 2.24) is 0 Å². The van der Waals surface area contributed by atoms with Gasteiger partial charge in [-0.3, -0.25) is 4.79 Å². The Balaban J connectivity index is 1.87. The lowest BCUT2D eigenvalue weighted by Crippen LogP contribution is -2.25. The van der Waals surface area contributed by atoms with E-state index >= 15 is 0 Å². The number of ketones is 1. The highest BCUT2D eigenvalue weighted by atomic mass is 16.5. The Bertz CT molecular complexity index is 653. The smallest absolute Gasteiger partial charge is 0.170 e. The zero-order valence-electron chi connectivity index (χ0n) is 12.6. The summed E-state index contributed by atoms with van der Waals surface area (Å²) in [5, 5.41) is 0. The first-order chi connectivity index (χ1) is 10.2. The van der Waals surface area contributed by atoms with Gasteiger partial charge in [0.25, 0.3) is 0 Å². The minimum atomic E-state index is -0.408. The van der Waals surface area contributed by atoms with E-state index < -0.39 is 6.10 Å². The molecule has 0 radical (unpaired) electrons. The van der Waals surface area contributed by atoms with Crippen LogP contribution in [-0.4, -0.2) is 12.4 Å². The Morgan fingerprint density at radius 1 is 1.10 bits per heavy atom. The molecule has 1 unspecified atom stereocenters. The topological polar surface area (TPSA) is 26.3 Å². The number of hydrogen-bond donors (Lipinski definition) is 0. The number of Topliss-reactive ketones (excluding diaryl/α,β-unsaturated/α-hetero) is 1. The lowest BCUT2D eigenvalue weighted by atomic mass is 9.90. The second-order valence-electron chi connectivity index (χ2n) is 5.71. The predicted octanol–water partition coefficient (Wildman–Crippen LogP) is 3.73. The van der Waals surface area contributed by atoms with Crippen molar-refractivity contribution in [3.63, 3.8) is 0 Å². The Kier molecular flexibility index (Phi) is 3.89. The lowest BCUT2D eigenvalue weighted by molar-refractivity contribution is -0.131. The summed E-state index contributed by atoms with van der Waals surface area (Å²) >= 11 is 0. The number of benzene rings is 2. The fraction of sp³-hybridized carbons (Fsp3) is 0.316. The molecule has 0 saturated heterocycles. The van der Waals surface area contributed by atoms with E-state index in [-0.39, 0.29) is 5.78 Å². The summed E-state index contributed by atoms with van der Waals surface area (Å²) in [5.74, 6) is 0.152. The van der Waals surface area contributed by atoms with Crippen molar-refractivity contribution in [1.29, 1.82) is 0 Å². The van der Waals surface area contributed by atoms with E-state index in [1.165, 1.54) is 16.7 Å². The van der Waals surface area contributed by atoms with Gasteiger partial charge in [-0.25, -0.2) is 0 Å². The third kappa shape index (κ3) is 2.77. The average Bonchev–Trinajstić information content (AvgIpc) is 2.50. The van der Waals surface area contributed by atoms with Gasteiger partial charge in [0.15, 0.2) is 5.78 Å². The average molecular weight is 280 g/mol. The molecule has 1 aliphatic rings. The highest BCUT2D eigenvalue weighted by molar-refractivity contribution is 5.87. The fourth-order valence-electron chi connectivity index (χ4n) is 3.06. The molecule has 0 spiro atoms. The van der Waals surface area contributed by atoms with E-state index in [9.17, 15) is 4.79 Å². The van der Waals surface area contributed by atoms with E-state index in [1.54, 1.807) is 0 Å². The molecule has 0 aliphatic carbocycles.